The van der Waals surface area contributed by atoms with Crippen LogP contribution in [0.2, 0.25) is 0 Å². The molecule has 1 unspecified atom stereocenters. The molecule has 0 amide bonds. The molecule has 3 nitrogen and oxygen atoms in total. The third-order valence-electron chi connectivity index (χ3n) is 2.76. The van der Waals surface area contributed by atoms with Crippen molar-refractivity contribution in [1.29, 1.82) is 0 Å². The van der Waals surface area contributed by atoms with Crippen LogP contribution < -0.4 is 5.32 Å². The Labute approximate surface area is 78.5 Å². The lowest BCUT2D eigenvalue weighted by atomic mass is 10.0. The molecule has 1 saturated carbocycles. The van der Waals surface area contributed by atoms with Crippen molar-refractivity contribution in [3.63, 3.8) is 0 Å². The summed E-state index contributed by atoms with van der Waals surface area (Å²) in [5, 5.41) is 3.10. The number of hydrogen-bond acceptors (Lipinski definition) is 3. The minimum absolute atomic E-state index is 0.547. The molecular formula is C10H16N2O. The van der Waals surface area contributed by atoms with Gasteiger partial charge in [-0.05, 0) is 25.8 Å². The van der Waals surface area contributed by atoms with Gasteiger partial charge in [0.2, 0.25) is 0 Å². The molecule has 0 aromatic carbocycles. The van der Waals surface area contributed by atoms with Gasteiger partial charge in [-0.2, -0.15) is 0 Å². The monoisotopic (exact) mass is 180 g/mol. The molecule has 2 rings (SSSR count). The largest absolute Gasteiger partial charge is 0.448 e. The molecule has 13 heavy (non-hydrogen) atoms. The first kappa shape index (κ1) is 8.75. The molecule has 1 atom stereocenters. The number of nitrogens with zero attached hydrogens (tertiary/aromatic N) is 1. The highest BCUT2D eigenvalue weighted by Crippen LogP contribution is 2.42. The average Bonchev–Trinajstić information content (AvgIpc) is 2.87. The molecule has 3 heteroatoms. The molecule has 0 aliphatic heterocycles. The molecule has 0 spiro atoms. The van der Waals surface area contributed by atoms with E-state index in [2.05, 4.69) is 17.2 Å². The van der Waals surface area contributed by atoms with Crippen LogP contribution in [0.5, 0.6) is 0 Å². The van der Waals surface area contributed by atoms with Gasteiger partial charge in [0.1, 0.15) is 5.76 Å². The summed E-state index contributed by atoms with van der Waals surface area (Å²) >= 11 is 0. The van der Waals surface area contributed by atoms with Crippen molar-refractivity contribution in [3.05, 3.63) is 17.8 Å². The minimum Gasteiger partial charge on any atom is -0.448 e. The average molecular weight is 180 g/mol. The fourth-order valence-electron chi connectivity index (χ4n) is 1.76. The van der Waals surface area contributed by atoms with E-state index >= 15 is 0 Å². The van der Waals surface area contributed by atoms with E-state index < -0.39 is 0 Å². The maximum absolute atomic E-state index is 5.43. The standard InChI is InChI=1S/C10H16N2O/c1-7(8-3-4-8)10-9(5-11-2)12-6-13-10/h6-8,11H,3-5H2,1-2H3. The Bertz CT molecular complexity index is 278. The Hall–Kier alpha value is -0.830. The van der Waals surface area contributed by atoms with Crippen LogP contribution >= 0.6 is 0 Å². The molecule has 1 aliphatic carbocycles. The molecule has 1 aliphatic rings. The first-order chi connectivity index (χ1) is 6.33. The summed E-state index contributed by atoms with van der Waals surface area (Å²) in [6, 6.07) is 0. The van der Waals surface area contributed by atoms with Crippen LogP contribution in [0, 0.1) is 5.92 Å². The molecule has 0 radical (unpaired) electrons. The summed E-state index contributed by atoms with van der Waals surface area (Å²) in [7, 11) is 1.93. The zero-order valence-electron chi connectivity index (χ0n) is 8.21. The van der Waals surface area contributed by atoms with Crippen molar-refractivity contribution >= 4 is 0 Å². The third-order valence-corrected chi connectivity index (χ3v) is 2.76. The highest BCUT2D eigenvalue weighted by molar-refractivity contribution is 5.14. The van der Waals surface area contributed by atoms with Crippen LogP contribution in [-0.2, 0) is 6.54 Å². The molecule has 1 heterocycles. The van der Waals surface area contributed by atoms with E-state index in [9.17, 15) is 0 Å². The van der Waals surface area contributed by atoms with Gasteiger partial charge in [0.25, 0.3) is 0 Å². The lowest BCUT2D eigenvalue weighted by Crippen LogP contribution is -2.09. The van der Waals surface area contributed by atoms with Crippen LogP contribution in [0.15, 0.2) is 10.8 Å². The molecule has 1 aromatic rings. The number of rotatable bonds is 4. The fourth-order valence-corrected chi connectivity index (χ4v) is 1.76. The van der Waals surface area contributed by atoms with Crippen molar-refractivity contribution in [3.8, 4) is 0 Å². The van der Waals surface area contributed by atoms with Gasteiger partial charge in [-0.3, -0.25) is 0 Å². The Balaban J connectivity index is 2.12. The van der Waals surface area contributed by atoms with Crippen molar-refractivity contribution in [2.75, 3.05) is 7.05 Å². The Kier molecular flexibility index (Phi) is 2.36. The summed E-state index contributed by atoms with van der Waals surface area (Å²) in [6.07, 6.45) is 4.25. The Morgan fingerprint density at radius 3 is 3.08 bits per heavy atom. The van der Waals surface area contributed by atoms with Crippen molar-refractivity contribution in [1.82, 2.24) is 10.3 Å². The van der Waals surface area contributed by atoms with Crippen molar-refractivity contribution in [2.24, 2.45) is 5.92 Å². The van der Waals surface area contributed by atoms with E-state index in [1.54, 1.807) is 6.39 Å². The van der Waals surface area contributed by atoms with Crippen molar-refractivity contribution in [2.45, 2.75) is 32.2 Å². The SMILES string of the molecule is CNCc1ncoc1C(C)C1CC1. The quantitative estimate of drug-likeness (QED) is 0.769. The van der Waals surface area contributed by atoms with Gasteiger partial charge in [-0.1, -0.05) is 6.92 Å². The van der Waals surface area contributed by atoms with Gasteiger partial charge in [-0.25, -0.2) is 4.98 Å². The summed E-state index contributed by atoms with van der Waals surface area (Å²) in [6.45, 7) is 3.04. The highest BCUT2D eigenvalue weighted by atomic mass is 16.3. The Morgan fingerprint density at radius 1 is 1.69 bits per heavy atom. The highest BCUT2D eigenvalue weighted by Gasteiger charge is 2.32. The normalized spacial score (nSPS) is 18.9. The van der Waals surface area contributed by atoms with Crippen LogP contribution in [0.4, 0.5) is 0 Å². The summed E-state index contributed by atoms with van der Waals surface area (Å²) < 4.78 is 5.43. The maximum Gasteiger partial charge on any atom is 0.181 e. The summed E-state index contributed by atoms with van der Waals surface area (Å²) in [5.41, 5.74) is 1.07. The van der Waals surface area contributed by atoms with Gasteiger partial charge in [0.05, 0.1) is 5.69 Å². The lowest BCUT2D eigenvalue weighted by Gasteiger charge is -2.07. The van der Waals surface area contributed by atoms with E-state index in [0.717, 1.165) is 23.9 Å². The number of aromatic nitrogens is 1. The summed E-state index contributed by atoms with van der Waals surface area (Å²) in [4.78, 5) is 4.21. The van der Waals surface area contributed by atoms with Crippen LogP contribution in [0.25, 0.3) is 0 Å². The number of nitrogens with one attached hydrogen (secondary N) is 1. The molecule has 1 fully saturated rings. The third kappa shape index (κ3) is 1.75. The zero-order chi connectivity index (χ0) is 9.26. The van der Waals surface area contributed by atoms with Crippen molar-refractivity contribution < 1.29 is 4.42 Å². The number of oxazole rings is 1. The van der Waals surface area contributed by atoms with E-state index in [-0.39, 0.29) is 0 Å². The maximum atomic E-state index is 5.43. The predicted molar refractivity (Wildman–Crippen MR) is 50.4 cm³/mol. The second-order valence-electron chi connectivity index (χ2n) is 3.82. The Morgan fingerprint density at radius 2 is 2.46 bits per heavy atom. The van der Waals surface area contributed by atoms with E-state index in [0.29, 0.717) is 5.92 Å². The first-order valence-corrected chi connectivity index (χ1v) is 4.89. The van der Waals surface area contributed by atoms with Crippen LogP contribution in [0.1, 0.15) is 37.1 Å². The minimum atomic E-state index is 0.547. The molecular weight excluding hydrogens is 164 g/mol. The van der Waals surface area contributed by atoms with Gasteiger partial charge < -0.3 is 9.73 Å². The van der Waals surface area contributed by atoms with E-state index in [1.165, 1.54) is 12.8 Å². The summed E-state index contributed by atoms with van der Waals surface area (Å²) in [5.74, 6) is 2.46. The first-order valence-electron chi connectivity index (χ1n) is 4.89. The second kappa shape index (κ2) is 3.50. The van der Waals surface area contributed by atoms with E-state index in [4.69, 9.17) is 4.42 Å². The second-order valence-corrected chi connectivity index (χ2v) is 3.82. The zero-order valence-corrected chi connectivity index (χ0v) is 8.21. The molecule has 1 N–H and O–H groups in total. The number of hydrogen-bond donors (Lipinski definition) is 1. The van der Waals surface area contributed by atoms with Crippen LogP contribution in [0.3, 0.4) is 0 Å². The molecule has 0 saturated heterocycles. The van der Waals surface area contributed by atoms with Gasteiger partial charge >= 0.3 is 0 Å². The van der Waals surface area contributed by atoms with E-state index in [1.807, 2.05) is 7.05 Å². The van der Waals surface area contributed by atoms with Gasteiger partial charge in [0.15, 0.2) is 6.39 Å². The molecule has 72 valence electrons. The van der Waals surface area contributed by atoms with Crippen LogP contribution in [-0.4, -0.2) is 12.0 Å². The molecule has 1 aromatic heterocycles. The lowest BCUT2D eigenvalue weighted by molar-refractivity contribution is 0.445. The predicted octanol–water partition coefficient (Wildman–Crippen LogP) is 1.91. The van der Waals surface area contributed by atoms with Gasteiger partial charge in [0, 0.05) is 12.5 Å². The topological polar surface area (TPSA) is 38.1 Å². The fraction of sp³-hybridized carbons (Fsp3) is 0.700. The smallest absolute Gasteiger partial charge is 0.181 e. The molecule has 0 bridgehead atoms. The van der Waals surface area contributed by atoms with Gasteiger partial charge in [-0.15, -0.1) is 0 Å².